The molecular formula is C18H24N3O3+. The average molecular weight is 330 g/mol. The van der Waals surface area contributed by atoms with E-state index in [9.17, 15) is 9.59 Å². The molecule has 0 unspecified atom stereocenters. The van der Waals surface area contributed by atoms with E-state index in [4.69, 9.17) is 4.74 Å². The summed E-state index contributed by atoms with van der Waals surface area (Å²) < 4.78 is 5.01. The standard InChI is InChI=1S/C18H23N3O3/c1-12-7-3-4-8-13(12)16-15(17(22)24-2)14(19-18(23)20-16)11-21-9-5-6-10-21/h3-4,7-8,16H,5-6,9-11H2,1-2H3,(H2,19,20,23)/p+1/t16-/m0/s1. The van der Waals surface area contributed by atoms with Crippen LogP contribution in [0, 0.1) is 6.92 Å². The second-order valence-corrected chi connectivity index (χ2v) is 6.41. The summed E-state index contributed by atoms with van der Waals surface area (Å²) in [5.41, 5.74) is 3.13. The molecule has 2 amide bonds. The Balaban J connectivity index is 2.03. The number of urea groups is 1. The summed E-state index contributed by atoms with van der Waals surface area (Å²) in [6.07, 6.45) is 2.37. The Labute approximate surface area is 141 Å². The van der Waals surface area contributed by atoms with Gasteiger partial charge in [-0.1, -0.05) is 24.3 Å². The monoisotopic (exact) mass is 330 g/mol. The molecule has 2 aliphatic rings. The van der Waals surface area contributed by atoms with E-state index in [0.717, 1.165) is 24.2 Å². The van der Waals surface area contributed by atoms with E-state index < -0.39 is 12.0 Å². The fraction of sp³-hybridized carbons (Fsp3) is 0.444. The minimum absolute atomic E-state index is 0.274. The number of ether oxygens (including phenoxy) is 1. The molecule has 1 aromatic carbocycles. The Morgan fingerprint density at radius 1 is 1.29 bits per heavy atom. The predicted octanol–water partition coefficient (Wildman–Crippen LogP) is 0.455. The van der Waals surface area contributed by atoms with Crippen molar-refractivity contribution in [2.24, 2.45) is 0 Å². The smallest absolute Gasteiger partial charge is 0.338 e. The molecule has 1 fully saturated rings. The van der Waals surface area contributed by atoms with Crippen LogP contribution in [-0.4, -0.2) is 38.7 Å². The summed E-state index contributed by atoms with van der Waals surface area (Å²) in [7, 11) is 1.38. The fourth-order valence-electron chi connectivity index (χ4n) is 3.55. The fourth-order valence-corrected chi connectivity index (χ4v) is 3.55. The summed E-state index contributed by atoms with van der Waals surface area (Å²) in [4.78, 5) is 26.0. The molecule has 0 aromatic heterocycles. The van der Waals surface area contributed by atoms with Crippen LogP contribution >= 0.6 is 0 Å². The molecule has 0 bridgehead atoms. The number of hydrogen-bond donors (Lipinski definition) is 3. The van der Waals surface area contributed by atoms with E-state index in [1.54, 1.807) is 0 Å². The van der Waals surface area contributed by atoms with Crippen molar-refractivity contribution in [3.63, 3.8) is 0 Å². The molecule has 2 heterocycles. The summed E-state index contributed by atoms with van der Waals surface area (Å²) in [5, 5.41) is 5.71. The summed E-state index contributed by atoms with van der Waals surface area (Å²) >= 11 is 0. The van der Waals surface area contributed by atoms with E-state index in [0.29, 0.717) is 17.8 Å². The second-order valence-electron chi connectivity index (χ2n) is 6.41. The molecule has 6 nitrogen and oxygen atoms in total. The van der Waals surface area contributed by atoms with Crippen molar-refractivity contribution in [3.05, 3.63) is 46.7 Å². The zero-order chi connectivity index (χ0) is 17.1. The van der Waals surface area contributed by atoms with Crippen LogP contribution in [0.1, 0.15) is 30.0 Å². The number of hydrogen-bond acceptors (Lipinski definition) is 3. The van der Waals surface area contributed by atoms with Crippen LogP contribution in [0.2, 0.25) is 0 Å². The quantitative estimate of drug-likeness (QED) is 0.702. The van der Waals surface area contributed by atoms with Gasteiger partial charge < -0.3 is 20.3 Å². The highest BCUT2D eigenvalue weighted by Gasteiger charge is 2.35. The lowest BCUT2D eigenvalue weighted by molar-refractivity contribution is -0.882. The van der Waals surface area contributed by atoms with Gasteiger partial charge in [0.2, 0.25) is 0 Å². The van der Waals surface area contributed by atoms with Gasteiger partial charge >= 0.3 is 12.0 Å². The van der Waals surface area contributed by atoms with Gasteiger partial charge in [-0.05, 0) is 18.1 Å². The molecule has 0 saturated carbocycles. The van der Waals surface area contributed by atoms with Gasteiger partial charge in [-0.3, -0.25) is 0 Å². The highest BCUT2D eigenvalue weighted by atomic mass is 16.5. The van der Waals surface area contributed by atoms with Crippen molar-refractivity contribution >= 4 is 12.0 Å². The van der Waals surface area contributed by atoms with Gasteiger partial charge in [0, 0.05) is 12.8 Å². The summed E-state index contributed by atoms with van der Waals surface area (Å²) in [5.74, 6) is -0.399. The minimum Gasteiger partial charge on any atom is -0.466 e. The Morgan fingerprint density at radius 2 is 2.00 bits per heavy atom. The molecule has 6 heteroatoms. The van der Waals surface area contributed by atoms with E-state index in [1.807, 2.05) is 31.2 Å². The van der Waals surface area contributed by atoms with Crippen molar-refractivity contribution < 1.29 is 19.2 Å². The van der Waals surface area contributed by atoms with Gasteiger partial charge in [0.25, 0.3) is 0 Å². The number of carbonyl (C=O) groups is 2. The van der Waals surface area contributed by atoms with Crippen molar-refractivity contribution in [2.75, 3.05) is 26.7 Å². The van der Waals surface area contributed by atoms with Gasteiger partial charge in [0.15, 0.2) is 0 Å². The average Bonchev–Trinajstić information content (AvgIpc) is 3.07. The first-order valence-electron chi connectivity index (χ1n) is 8.38. The third-order valence-electron chi connectivity index (χ3n) is 4.80. The topological polar surface area (TPSA) is 71.9 Å². The Bertz CT molecular complexity index is 678. The number of rotatable bonds is 4. The number of quaternary nitrogens is 1. The summed E-state index contributed by atoms with van der Waals surface area (Å²) in [6.45, 7) is 4.75. The number of esters is 1. The highest BCUT2D eigenvalue weighted by molar-refractivity contribution is 5.95. The molecule has 2 aliphatic heterocycles. The van der Waals surface area contributed by atoms with Crippen LogP contribution in [0.4, 0.5) is 4.79 Å². The lowest BCUT2D eigenvalue weighted by atomic mass is 9.92. The number of nitrogens with one attached hydrogen (secondary N) is 3. The van der Waals surface area contributed by atoms with Crippen molar-refractivity contribution in [1.82, 2.24) is 10.6 Å². The largest absolute Gasteiger partial charge is 0.466 e. The number of likely N-dealkylation sites (tertiary alicyclic amines) is 1. The number of methoxy groups -OCH3 is 1. The molecule has 1 saturated heterocycles. The molecule has 3 rings (SSSR count). The van der Waals surface area contributed by atoms with E-state index in [2.05, 4.69) is 10.6 Å². The first-order valence-corrected chi connectivity index (χ1v) is 8.38. The van der Waals surface area contributed by atoms with Crippen LogP contribution < -0.4 is 15.5 Å². The Hall–Kier alpha value is -2.34. The van der Waals surface area contributed by atoms with Crippen molar-refractivity contribution in [2.45, 2.75) is 25.8 Å². The zero-order valence-electron chi connectivity index (χ0n) is 14.1. The van der Waals surface area contributed by atoms with Crippen molar-refractivity contribution in [3.8, 4) is 0 Å². The molecule has 0 radical (unpaired) electrons. The van der Waals surface area contributed by atoms with E-state index in [1.165, 1.54) is 24.9 Å². The van der Waals surface area contributed by atoms with Gasteiger partial charge in [-0.25, -0.2) is 9.59 Å². The lowest BCUT2D eigenvalue weighted by Gasteiger charge is -2.30. The summed E-state index contributed by atoms with van der Waals surface area (Å²) in [6, 6.07) is 7.02. The third-order valence-corrected chi connectivity index (χ3v) is 4.80. The van der Waals surface area contributed by atoms with Crippen LogP contribution in [-0.2, 0) is 9.53 Å². The molecule has 1 aromatic rings. The minimum atomic E-state index is -0.482. The molecule has 3 N–H and O–H groups in total. The molecule has 24 heavy (non-hydrogen) atoms. The Morgan fingerprint density at radius 3 is 2.67 bits per heavy atom. The number of aryl methyl sites for hydroxylation is 1. The van der Waals surface area contributed by atoms with Crippen molar-refractivity contribution in [1.29, 1.82) is 0 Å². The molecular weight excluding hydrogens is 306 g/mol. The van der Waals surface area contributed by atoms with Crippen LogP contribution in [0.15, 0.2) is 35.5 Å². The maximum absolute atomic E-state index is 12.5. The van der Waals surface area contributed by atoms with E-state index in [-0.39, 0.29) is 6.03 Å². The van der Waals surface area contributed by atoms with Gasteiger partial charge in [0.1, 0.15) is 6.54 Å². The van der Waals surface area contributed by atoms with Crippen LogP contribution in [0.5, 0.6) is 0 Å². The van der Waals surface area contributed by atoms with E-state index >= 15 is 0 Å². The maximum atomic E-state index is 12.5. The lowest BCUT2D eigenvalue weighted by Crippen LogP contribution is -3.10. The number of carbonyl (C=O) groups excluding carboxylic acids is 2. The maximum Gasteiger partial charge on any atom is 0.338 e. The van der Waals surface area contributed by atoms with Crippen LogP contribution in [0.25, 0.3) is 0 Å². The first-order chi connectivity index (χ1) is 11.6. The molecule has 1 atom stereocenters. The number of benzene rings is 1. The van der Waals surface area contributed by atoms with Gasteiger partial charge in [-0.2, -0.15) is 0 Å². The number of amides is 2. The van der Waals surface area contributed by atoms with Crippen LogP contribution in [0.3, 0.4) is 0 Å². The van der Waals surface area contributed by atoms with Gasteiger partial charge in [0.05, 0.1) is 37.5 Å². The first kappa shape index (κ1) is 16.5. The SMILES string of the molecule is COC(=O)C1=C(C[NH+]2CCCC2)NC(=O)N[C@H]1c1ccccc1C. The molecule has 0 aliphatic carbocycles. The predicted molar refractivity (Wildman–Crippen MR) is 89.4 cm³/mol. The molecule has 128 valence electrons. The molecule has 0 spiro atoms. The van der Waals surface area contributed by atoms with Gasteiger partial charge in [-0.15, -0.1) is 0 Å². The third kappa shape index (κ3) is 3.28. The normalized spacial score (nSPS) is 21.4. The second kappa shape index (κ2) is 7.05. The Kier molecular flexibility index (Phi) is 4.85. The zero-order valence-corrected chi connectivity index (χ0v) is 14.1. The highest BCUT2D eigenvalue weighted by Crippen LogP contribution is 2.29.